The molecule has 0 N–H and O–H groups in total. The lowest BCUT2D eigenvalue weighted by atomic mass is 10.0. The lowest BCUT2D eigenvalue weighted by molar-refractivity contribution is 0.413. The van der Waals surface area contributed by atoms with Gasteiger partial charge in [0, 0.05) is 23.3 Å². The standard InChI is InChI=1S/C24H23NO2S/c1-26-23-14-8-6-12-20(23)22(25-21-13-7-9-15-24(21)27-2)17-19(28)16-18-10-4-3-5-11-18/h3-15H,16-17H2,1-2H3. The normalized spacial score (nSPS) is 11.1. The van der Waals surface area contributed by atoms with Gasteiger partial charge in [0.05, 0.1) is 19.9 Å². The van der Waals surface area contributed by atoms with Crippen LogP contribution < -0.4 is 9.47 Å². The number of para-hydroxylation sites is 3. The van der Waals surface area contributed by atoms with Gasteiger partial charge in [-0.05, 0) is 29.8 Å². The molecular weight excluding hydrogens is 366 g/mol. The Morgan fingerprint density at radius 3 is 2.11 bits per heavy atom. The molecule has 0 aromatic heterocycles. The van der Waals surface area contributed by atoms with Crippen molar-refractivity contribution in [1.29, 1.82) is 0 Å². The maximum atomic E-state index is 5.72. The summed E-state index contributed by atoms with van der Waals surface area (Å²) in [6.07, 6.45) is 1.30. The molecule has 3 nitrogen and oxygen atoms in total. The summed E-state index contributed by atoms with van der Waals surface area (Å²) in [5, 5.41) is 0. The van der Waals surface area contributed by atoms with Crippen LogP contribution in [0.5, 0.6) is 11.5 Å². The molecule has 4 heteroatoms. The highest BCUT2D eigenvalue weighted by molar-refractivity contribution is 7.80. The van der Waals surface area contributed by atoms with Crippen molar-refractivity contribution in [1.82, 2.24) is 0 Å². The monoisotopic (exact) mass is 389 g/mol. The van der Waals surface area contributed by atoms with Crippen LogP contribution in [0.2, 0.25) is 0 Å². The third kappa shape index (κ3) is 5.05. The van der Waals surface area contributed by atoms with E-state index >= 15 is 0 Å². The van der Waals surface area contributed by atoms with Crippen molar-refractivity contribution < 1.29 is 9.47 Å². The number of rotatable bonds is 8. The molecule has 0 saturated heterocycles. The SMILES string of the molecule is COc1ccccc1N=C(CC(=S)Cc1ccccc1)c1ccccc1OC. The molecule has 0 fully saturated rings. The molecule has 142 valence electrons. The summed E-state index contributed by atoms with van der Waals surface area (Å²) in [6, 6.07) is 25.9. The Bertz CT molecular complexity index is 967. The van der Waals surface area contributed by atoms with Gasteiger partial charge in [-0.2, -0.15) is 0 Å². The van der Waals surface area contributed by atoms with E-state index in [1.807, 2.05) is 66.7 Å². The predicted molar refractivity (Wildman–Crippen MR) is 120 cm³/mol. The molecule has 28 heavy (non-hydrogen) atoms. The van der Waals surface area contributed by atoms with Crippen LogP contribution in [0.4, 0.5) is 5.69 Å². The van der Waals surface area contributed by atoms with Crippen molar-refractivity contribution >= 4 is 28.5 Å². The third-order valence-corrected chi connectivity index (χ3v) is 4.66. The summed E-state index contributed by atoms with van der Waals surface area (Å²) in [5.74, 6) is 1.50. The van der Waals surface area contributed by atoms with Crippen LogP contribution in [-0.2, 0) is 6.42 Å². The number of hydrogen-bond donors (Lipinski definition) is 0. The molecule has 0 spiro atoms. The van der Waals surface area contributed by atoms with Gasteiger partial charge in [-0.25, -0.2) is 4.99 Å². The number of hydrogen-bond acceptors (Lipinski definition) is 4. The molecule has 0 radical (unpaired) electrons. The van der Waals surface area contributed by atoms with Crippen molar-refractivity contribution in [3.8, 4) is 11.5 Å². The fourth-order valence-corrected chi connectivity index (χ4v) is 3.32. The molecule has 3 aromatic carbocycles. The summed E-state index contributed by atoms with van der Waals surface area (Å²) >= 11 is 5.72. The number of nitrogens with zero attached hydrogens (tertiary/aromatic N) is 1. The highest BCUT2D eigenvalue weighted by Gasteiger charge is 2.14. The first kappa shape index (κ1) is 19.8. The Balaban J connectivity index is 1.97. The zero-order valence-corrected chi connectivity index (χ0v) is 16.9. The second-order valence-electron chi connectivity index (χ2n) is 6.31. The lowest BCUT2D eigenvalue weighted by Gasteiger charge is -2.13. The molecule has 0 bridgehead atoms. The Morgan fingerprint density at radius 1 is 0.786 bits per heavy atom. The first-order chi connectivity index (χ1) is 13.7. The number of benzene rings is 3. The van der Waals surface area contributed by atoms with Crippen LogP contribution in [0, 0.1) is 0 Å². The van der Waals surface area contributed by atoms with Crippen molar-refractivity contribution in [3.05, 3.63) is 90.0 Å². The lowest BCUT2D eigenvalue weighted by Crippen LogP contribution is -2.11. The maximum Gasteiger partial charge on any atom is 0.144 e. The second kappa shape index (κ2) is 9.81. The highest BCUT2D eigenvalue weighted by Crippen LogP contribution is 2.29. The van der Waals surface area contributed by atoms with Crippen molar-refractivity contribution in [2.75, 3.05) is 14.2 Å². The van der Waals surface area contributed by atoms with Gasteiger partial charge in [-0.15, -0.1) is 0 Å². The van der Waals surface area contributed by atoms with Crippen LogP contribution in [0.3, 0.4) is 0 Å². The van der Waals surface area contributed by atoms with Gasteiger partial charge in [0.25, 0.3) is 0 Å². The summed E-state index contributed by atoms with van der Waals surface area (Å²) in [5.41, 5.74) is 3.77. The number of methoxy groups -OCH3 is 2. The fraction of sp³-hybridized carbons (Fsp3) is 0.167. The summed E-state index contributed by atoms with van der Waals surface area (Å²) in [6.45, 7) is 0. The van der Waals surface area contributed by atoms with E-state index in [1.54, 1.807) is 14.2 Å². The van der Waals surface area contributed by atoms with Crippen LogP contribution >= 0.6 is 12.2 Å². The summed E-state index contributed by atoms with van der Waals surface area (Å²) in [7, 11) is 3.32. The van der Waals surface area contributed by atoms with Gasteiger partial charge in [-0.3, -0.25) is 0 Å². The van der Waals surface area contributed by atoms with Crippen molar-refractivity contribution in [2.45, 2.75) is 12.8 Å². The molecule has 0 saturated carbocycles. The van der Waals surface area contributed by atoms with E-state index in [-0.39, 0.29) is 0 Å². The zero-order valence-electron chi connectivity index (χ0n) is 16.1. The molecule has 0 heterocycles. The topological polar surface area (TPSA) is 30.8 Å². The maximum absolute atomic E-state index is 5.72. The molecule has 0 aliphatic heterocycles. The average Bonchev–Trinajstić information content (AvgIpc) is 2.74. The summed E-state index contributed by atoms with van der Waals surface area (Å²) < 4.78 is 11.0. The largest absolute Gasteiger partial charge is 0.496 e. The Morgan fingerprint density at radius 2 is 1.39 bits per heavy atom. The minimum atomic E-state index is 0.572. The minimum Gasteiger partial charge on any atom is -0.496 e. The van der Waals surface area contributed by atoms with E-state index in [0.29, 0.717) is 6.42 Å². The average molecular weight is 390 g/mol. The van der Waals surface area contributed by atoms with Crippen LogP contribution in [0.25, 0.3) is 0 Å². The molecule has 0 amide bonds. The van der Waals surface area contributed by atoms with Gasteiger partial charge in [0.2, 0.25) is 0 Å². The van der Waals surface area contributed by atoms with E-state index in [4.69, 9.17) is 26.7 Å². The summed E-state index contributed by atoms with van der Waals surface area (Å²) in [4.78, 5) is 5.84. The molecule has 3 aromatic rings. The number of aliphatic imine (C=N–C) groups is 1. The van der Waals surface area contributed by atoms with Crippen molar-refractivity contribution in [3.63, 3.8) is 0 Å². The quantitative estimate of drug-likeness (QED) is 0.359. The molecule has 0 atom stereocenters. The predicted octanol–water partition coefficient (Wildman–Crippen LogP) is 5.83. The Kier molecular flexibility index (Phi) is 6.93. The van der Waals surface area contributed by atoms with Crippen LogP contribution in [-0.4, -0.2) is 24.8 Å². The smallest absolute Gasteiger partial charge is 0.144 e. The molecule has 3 rings (SSSR count). The van der Waals surface area contributed by atoms with Gasteiger partial charge in [-0.1, -0.05) is 66.8 Å². The second-order valence-corrected chi connectivity index (χ2v) is 6.89. The van der Waals surface area contributed by atoms with Gasteiger partial charge in [0.1, 0.15) is 17.2 Å². The molecule has 0 unspecified atom stereocenters. The fourth-order valence-electron chi connectivity index (χ4n) is 3.02. The Labute approximate surface area is 171 Å². The van der Waals surface area contributed by atoms with E-state index < -0.39 is 0 Å². The van der Waals surface area contributed by atoms with Gasteiger partial charge < -0.3 is 9.47 Å². The van der Waals surface area contributed by atoms with Crippen molar-refractivity contribution in [2.24, 2.45) is 4.99 Å². The van der Waals surface area contributed by atoms with Gasteiger partial charge >= 0.3 is 0 Å². The highest BCUT2D eigenvalue weighted by atomic mass is 32.1. The van der Waals surface area contributed by atoms with Gasteiger partial charge in [0.15, 0.2) is 0 Å². The number of ether oxygens (including phenoxy) is 2. The first-order valence-corrected chi connectivity index (χ1v) is 9.51. The molecule has 0 aliphatic rings. The Hall–Kier alpha value is -2.98. The molecular formula is C24H23NO2S. The zero-order chi connectivity index (χ0) is 19.8. The van der Waals surface area contributed by atoms with E-state index in [0.717, 1.165) is 39.7 Å². The minimum absolute atomic E-state index is 0.572. The third-order valence-electron chi connectivity index (χ3n) is 4.37. The van der Waals surface area contributed by atoms with Crippen LogP contribution in [0.1, 0.15) is 17.5 Å². The molecule has 0 aliphatic carbocycles. The van der Waals surface area contributed by atoms with E-state index in [9.17, 15) is 0 Å². The van der Waals surface area contributed by atoms with E-state index in [1.165, 1.54) is 5.56 Å². The van der Waals surface area contributed by atoms with Crippen LogP contribution in [0.15, 0.2) is 83.9 Å². The van der Waals surface area contributed by atoms with E-state index in [2.05, 4.69) is 12.1 Å². The number of thiocarbonyl (C=S) groups is 1. The first-order valence-electron chi connectivity index (χ1n) is 9.11.